The molecule has 0 saturated heterocycles. The third-order valence-electron chi connectivity index (χ3n) is 1.01. The summed E-state index contributed by atoms with van der Waals surface area (Å²) in [6.07, 6.45) is 0. The van der Waals surface area contributed by atoms with E-state index in [-0.39, 0.29) is 34.5 Å². The fourth-order valence-electron chi connectivity index (χ4n) is 0.546. The van der Waals surface area contributed by atoms with Crippen LogP contribution >= 0.6 is 0 Å². The molecule has 0 aromatic heterocycles. The molecular weight excluding hydrogens is 178 g/mol. The molecule has 1 aromatic carbocycles. The normalized spacial score (nSPS) is 11.8. The first-order valence-corrected chi connectivity index (χ1v) is 3.62. The maximum Gasteiger partial charge on any atom is 1.00 e. The van der Waals surface area contributed by atoms with Gasteiger partial charge in [0.15, 0.2) is 0 Å². The van der Waals surface area contributed by atoms with E-state index in [0.29, 0.717) is 0 Å². The number of hydrogen-bond donors (Lipinski definition) is 0. The Morgan fingerprint density at radius 3 is 2.09 bits per heavy atom. The zero-order valence-electron chi connectivity index (χ0n) is 5.91. The molecule has 54 valence electrons. The summed E-state index contributed by atoms with van der Waals surface area (Å²) in [6, 6.07) is 4.62. The minimum atomic E-state index is -2.25. The van der Waals surface area contributed by atoms with E-state index in [2.05, 4.69) is 0 Å². The molecule has 1 aromatic rings. The minimum absolute atomic E-state index is 0. The van der Waals surface area contributed by atoms with Gasteiger partial charge in [-0.2, -0.15) is 0 Å². The van der Waals surface area contributed by atoms with Crippen molar-refractivity contribution in [1.29, 1.82) is 0 Å². The number of hydrogen-bond acceptors (Lipinski definition) is 2. The molecule has 1 atom stereocenters. The summed E-state index contributed by atoms with van der Waals surface area (Å²) in [7, 11) is 0. The van der Waals surface area contributed by atoms with Crippen LogP contribution < -0.4 is 29.6 Å². The topological polar surface area (TPSA) is 40.1 Å². The van der Waals surface area contributed by atoms with E-state index >= 15 is 0 Å². The first kappa shape index (κ1) is 11.3. The van der Waals surface area contributed by atoms with E-state index in [9.17, 15) is 13.2 Å². The molecule has 0 radical (unpaired) electrons. The Kier molecular flexibility index (Phi) is 5.12. The summed E-state index contributed by atoms with van der Waals surface area (Å²) in [5.74, 6) is -0.436. The Bertz CT molecular complexity index is 249. The molecule has 0 fully saturated rings. The van der Waals surface area contributed by atoms with Crippen molar-refractivity contribution >= 4 is 11.1 Å². The van der Waals surface area contributed by atoms with Crippen LogP contribution in [0.5, 0.6) is 0 Å². The Morgan fingerprint density at radius 1 is 1.27 bits per heavy atom. The number of benzene rings is 1. The van der Waals surface area contributed by atoms with Crippen LogP contribution in [0.3, 0.4) is 0 Å². The summed E-state index contributed by atoms with van der Waals surface area (Å²) in [5, 5.41) is 0. The van der Waals surface area contributed by atoms with Crippen molar-refractivity contribution in [3.05, 3.63) is 30.1 Å². The fourth-order valence-corrected chi connectivity index (χ4v) is 0.904. The summed E-state index contributed by atoms with van der Waals surface area (Å²) in [4.78, 5) is 0.0985. The van der Waals surface area contributed by atoms with Crippen LogP contribution in [0.25, 0.3) is 0 Å². The first-order chi connectivity index (χ1) is 4.70. The van der Waals surface area contributed by atoms with E-state index in [4.69, 9.17) is 0 Å². The Hall–Kier alpha value is 0.260. The number of halogens is 1. The third-order valence-corrected chi connectivity index (χ3v) is 1.66. The average Bonchev–Trinajstić information content (AvgIpc) is 1.88. The molecule has 0 N–H and O–H groups in total. The van der Waals surface area contributed by atoms with Gasteiger partial charge in [-0.15, -0.1) is 0 Å². The molecule has 11 heavy (non-hydrogen) atoms. The van der Waals surface area contributed by atoms with Gasteiger partial charge in [-0.1, -0.05) is 0 Å². The van der Waals surface area contributed by atoms with Crippen LogP contribution in [0, 0.1) is 5.82 Å². The molecule has 2 nitrogen and oxygen atoms in total. The van der Waals surface area contributed by atoms with Gasteiger partial charge in [0.05, 0.1) is 0 Å². The van der Waals surface area contributed by atoms with Gasteiger partial charge in [-0.25, -0.2) is 4.39 Å². The molecule has 0 amide bonds. The summed E-state index contributed by atoms with van der Waals surface area (Å²) in [6.45, 7) is 0. The molecule has 1 rings (SSSR count). The van der Waals surface area contributed by atoms with E-state index < -0.39 is 16.9 Å². The quantitative estimate of drug-likeness (QED) is 0.375. The van der Waals surface area contributed by atoms with E-state index in [0.717, 1.165) is 12.1 Å². The minimum Gasteiger partial charge on any atom is -0.768 e. The molecule has 0 aliphatic rings. The van der Waals surface area contributed by atoms with Crippen LogP contribution in [0.1, 0.15) is 0 Å². The SMILES string of the molecule is O=S([O-])c1ccc(F)cc1.[Na+]. The second-order valence-electron chi connectivity index (χ2n) is 1.69. The third kappa shape index (κ3) is 3.44. The molecule has 0 spiro atoms. The molecule has 0 aliphatic heterocycles. The van der Waals surface area contributed by atoms with Crippen molar-refractivity contribution in [2.45, 2.75) is 4.90 Å². The molecular formula is C6H4FNaO2S. The molecule has 0 aliphatic carbocycles. The largest absolute Gasteiger partial charge is 1.00 e. The zero-order valence-corrected chi connectivity index (χ0v) is 8.73. The van der Waals surface area contributed by atoms with Crippen LogP contribution in [-0.2, 0) is 11.1 Å². The van der Waals surface area contributed by atoms with Gasteiger partial charge in [-0.05, 0) is 35.3 Å². The van der Waals surface area contributed by atoms with Gasteiger partial charge >= 0.3 is 29.6 Å². The molecule has 0 bridgehead atoms. The Labute approximate surface area is 88.4 Å². The van der Waals surface area contributed by atoms with E-state index in [1.165, 1.54) is 12.1 Å². The predicted molar refractivity (Wildman–Crippen MR) is 33.6 cm³/mol. The Balaban J connectivity index is 0.000001000. The van der Waals surface area contributed by atoms with E-state index in [1.54, 1.807) is 0 Å². The molecule has 0 saturated carbocycles. The summed E-state index contributed by atoms with van der Waals surface area (Å²) >= 11 is -2.25. The van der Waals surface area contributed by atoms with Gasteiger partial charge in [0.1, 0.15) is 5.82 Å². The summed E-state index contributed by atoms with van der Waals surface area (Å²) in [5.41, 5.74) is 0. The van der Waals surface area contributed by atoms with Crippen LogP contribution in [0.4, 0.5) is 4.39 Å². The smallest absolute Gasteiger partial charge is 0.768 e. The van der Waals surface area contributed by atoms with Crippen LogP contribution in [-0.4, -0.2) is 8.76 Å². The van der Waals surface area contributed by atoms with Gasteiger partial charge in [0, 0.05) is 4.90 Å². The maximum atomic E-state index is 12.1. The van der Waals surface area contributed by atoms with Gasteiger partial charge in [0.25, 0.3) is 0 Å². The second-order valence-corrected chi connectivity index (χ2v) is 2.63. The molecule has 5 heteroatoms. The van der Waals surface area contributed by atoms with Crippen molar-refractivity contribution < 1.29 is 42.7 Å². The van der Waals surface area contributed by atoms with Crippen molar-refractivity contribution in [3.8, 4) is 0 Å². The standard InChI is InChI=1S/C6H5FO2S.Na/c7-5-1-3-6(4-2-5)10(8)9;/h1-4H,(H,8,9);/q;+1/p-1. The van der Waals surface area contributed by atoms with Gasteiger partial charge in [-0.3, -0.25) is 4.21 Å². The van der Waals surface area contributed by atoms with Crippen molar-refractivity contribution in [3.63, 3.8) is 0 Å². The zero-order chi connectivity index (χ0) is 7.56. The van der Waals surface area contributed by atoms with Crippen molar-refractivity contribution in [2.24, 2.45) is 0 Å². The molecule has 0 heterocycles. The second kappa shape index (κ2) is 5.00. The van der Waals surface area contributed by atoms with Gasteiger partial charge in [0.2, 0.25) is 0 Å². The van der Waals surface area contributed by atoms with Crippen molar-refractivity contribution in [1.82, 2.24) is 0 Å². The van der Waals surface area contributed by atoms with Crippen LogP contribution in [0.15, 0.2) is 29.2 Å². The molecule has 1 unspecified atom stereocenters. The number of rotatable bonds is 1. The maximum absolute atomic E-state index is 12.1. The van der Waals surface area contributed by atoms with Crippen LogP contribution in [0.2, 0.25) is 0 Å². The monoisotopic (exact) mass is 182 g/mol. The van der Waals surface area contributed by atoms with Crippen molar-refractivity contribution in [2.75, 3.05) is 0 Å². The predicted octanol–water partition coefficient (Wildman–Crippen LogP) is -1.93. The fraction of sp³-hybridized carbons (Fsp3) is 0. The van der Waals surface area contributed by atoms with Gasteiger partial charge < -0.3 is 4.55 Å². The Morgan fingerprint density at radius 2 is 1.73 bits per heavy atom. The first-order valence-electron chi connectivity index (χ1n) is 2.55. The average molecular weight is 182 g/mol. The van der Waals surface area contributed by atoms with E-state index in [1.807, 2.05) is 0 Å². The summed E-state index contributed by atoms with van der Waals surface area (Å²) < 4.78 is 32.5.